The van der Waals surface area contributed by atoms with E-state index in [1.807, 2.05) is 38.1 Å². The van der Waals surface area contributed by atoms with E-state index in [0.29, 0.717) is 5.57 Å². The lowest BCUT2D eigenvalue weighted by atomic mass is 9.97. The molecule has 0 aliphatic heterocycles. The Labute approximate surface area is 140 Å². The van der Waals surface area contributed by atoms with Crippen molar-refractivity contribution in [3.63, 3.8) is 0 Å². The summed E-state index contributed by atoms with van der Waals surface area (Å²) in [5.41, 5.74) is 6.41. The van der Waals surface area contributed by atoms with Gasteiger partial charge in [0.2, 0.25) is 0 Å². The van der Waals surface area contributed by atoms with Gasteiger partial charge in [-0.05, 0) is 36.1 Å². The number of carbonyl (C=O) groups is 2. The van der Waals surface area contributed by atoms with E-state index in [2.05, 4.69) is 12.1 Å². The fourth-order valence-electron chi connectivity index (χ4n) is 3.10. The van der Waals surface area contributed by atoms with Gasteiger partial charge >= 0.3 is 11.9 Å². The molecule has 0 aromatic heterocycles. The quantitative estimate of drug-likeness (QED) is 0.314. The summed E-state index contributed by atoms with van der Waals surface area (Å²) >= 11 is 0. The minimum Gasteiger partial charge on any atom is -0.465 e. The van der Waals surface area contributed by atoms with Crippen molar-refractivity contribution in [3.8, 4) is 11.1 Å². The normalized spacial score (nSPS) is 11.6. The second kappa shape index (κ2) is 5.96. The molecule has 3 rings (SSSR count). The lowest BCUT2D eigenvalue weighted by Crippen LogP contribution is -2.18. The van der Waals surface area contributed by atoms with Crippen molar-refractivity contribution in [2.75, 3.05) is 14.2 Å². The predicted octanol–water partition coefficient (Wildman–Crippen LogP) is 3.43. The lowest BCUT2D eigenvalue weighted by molar-refractivity contribution is -0.143. The number of methoxy groups -OCH3 is 2. The maximum atomic E-state index is 12.3. The first-order valence-electron chi connectivity index (χ1n) is 7.61. The van der Waals surface area contributed by atoms with Crippen LogP contribution in [0.3, 0.4) is 0 Å². The third kappa shape index (κ3) is 2.40. The molecule has 24 heavy (non-hydrogen) atoms. The van der Waals surface area contributed by atoms with E-state index >= 15 is 0 Å². The minimum atomic E-state index is -0.697. The SMILES string of the molecule is COC(=O)C(C(=O)OC)=C1c2ccc(C)cc2-c2cc(C)ccc21. The summed E-state index contributed by atoms with van der Waals surface area (Å²) in [6, 6.07) is 11.9. The van der Waals surface area contributed by atoms with Gasteiger partial charge in [0, 0.05) is 5.57 Å². The maximum absolute atomic E-state index is 12.3. The van der Waals surface area contributed by atoms with Crippen LogP contribution in [0.1, 0.15) is 22.3 Å². The van der Waals surface area contributed by atoms with E-state index in [9.17, 15) is 9.59 Å². The van der Waals surface area contributed by atoms with Crippen molar-refractivity contribution in [2.24, 2.45) is 0 Å². The van der Waals surface area contributed by atoms with Crippen molar-refractivity contribution in [1.29, 1.82) is 0 Å². The standard InChI is InChI=1S/C20H18O4/c1-11-5-7-13-15(9-11)16-10-12(2)6-8-14(16)17(13)18(19(21)23-3)20(22)24-4/h5-10H,1-4H3. The van der Waals surface area contributed by atoms with Crippen LogP contribution in [0.25, 0.3) is 16.7 Å². The van der Waals surface area contributed by atoms with Gasteiger partial charge in [0.25, 0.3) is 0 Å². The van der Waals surface area contributed by atoms with Gasteiger partial charge in [-0.3, -0.25) is 0 Å². The highest BCUT2D eigenvalue weighted by atomic mass is 16.5. The van der Waals surface area contributed by atoms with Crippen LogP contribution < -0.4 is 0 Å². The van der Waals surface area contributed by atoms with E-state index in [1.165, 1.54) is 14.2 Å². The predicted molar refractivity (Wildman–Crippen MR) is 91.4 cm³/mol. The van der Waals surface area contributed by atoms with Crippen LogP contribution in [0, 0.1) is 13.8 Å². The van der Waals surface area contributed by atoms with Crippen LogP contribution in [-0.4, -0.2) is 26.2 Å². The molecule has 1 aliphatic rings. The zero-order valence-corrected chi connectivity index (χ0v) is 14.1. The van der Waals surface area contributed by atoms with Crippen molar-refractivity contribution in [1.82, 2.24) is 0 Å². The fraction of sp³-hybridized carbons (Fsp3) is 0.200. The molecule has 0 saturated carbocycles. The monoisotopic (exact) mass is 322 g/mol. The number of ether oxygens (including phenoxy) is 2. The van der Waals surface area contributed by atoms with Crippen LogP contribution in [0.2, 0.25) is 0 Å². The molecule has 0 radical (unpaired) electrons. The molecule has 122 valence electrons. The van der Waals surface area contributed by atoms with E-state index in [-0.39, 0.29) is 5.57 Å². The summed E-state index contributed by atoms with van der Waals surface area (Å²) in [5.74, 6) is -1.39. The molecule has 0 fully saturated rings. The highest BCUT2D eigenvalue weighted by molar-refractivity contribution is 6.24. The molecule has 4 heteroatoms. The Hall–Kier alpha value is -2.88. The first kappa shape index (κ1) is 16.0. The molecule has 0 N–H and O–H groups in total. The molecule has 0 atom stereocenters. The minimum absolute atomic E-state index is 0.0762. The van der Waals surface area contributed by atoms with Gasteiger partial charge in [-0.25, -0.2) is 9.59 Å². The molecule has 0 bridgehead atoms. The van der Waals surface area contributed by atoms with Crippen LogP contribution in [-0.2, 0) is 19.1 Å². The maximum Gasteiger partial charge on any atom is 0.345 e. The van der Waals surface area contributed by atoms with Gasteiger partial charge in [0.15, 0.2) is 5.57 Å². The van der Waals surface area contributed by atoms with Crippen LogP contribution in [0.5, 0.6) is 0 Å². The Morgan fingerprint density at radius 3 is 1.50 bits per heavy atom. The Morgan fingerprint density at radius 2 is 1.12 bits per heavy atom. The number of rotatable bonds is 2. The number of carbonyl (C=O) groups excluding carboxylic acids is 2. The summed E-state index contributed by atoms with van der Waals surface area (Å²) < 4.78 is 9.66. The van der Waals surface area contributed by atoms with Gasteiger partial charge in [0.05, 0.1) is 14.2 Å². The van der Waals surface area contributed by atoms with Crippen molar-refractivity contribution in [3.05, 3.63) is 64.2 Å². The molecule has 0 heterocycles. The van der Waals surface area contributed by atoms with Gasteiger partial charge in [-0.2, -0.15) is 0 Å². The Kier molecular flexibility index (Phi) is 3.97. The van der Waals surface area contributed by atoms with Crippen molar-refractivity contribution >= 4 is 17.5 Å². The zero-order chi connectivity index (χ0) is 17.4. The number of fused-ring (bicyclic) bond motifs is 3. The number of hydrogen-bond acceptors (Lipinski definition) is 4. The van der Waals surface area contributed by atoms with E-state index in [4.69, 9.17) is 9.47 Å². The van der Waals surface area contributed by atoms with Gasteiger partial charge in [-0.1, -0.05) is 47.5 Å². The lowest BCUT2D eigenvalue weighted by Gasteiger charge is -2.10. The van der Waals surface area contributed by atoms with Gasteiger partial charge < -0.3 is 9.47 Å². The first-order valence-corrected chi connectivity index (χ1v) is 7.61. The second-order valence-electron chi connectivity index (χ2n) is 5.83. The average Bonchev–Trinajstić information content (AvgIpc) is 2.88. The molecule has 4 nitrogen and oxygen atoms in total. The highest BCUT2D eigenvalue weighted by Gasteiger charge is 2.33. The van der Waals surface area contributed by atoms with Crippen molar-refractivity contribution in [2.45, 2.75) is 13.8 Å². The molecule has 0 spiro atoms. The number of esters is 2. The second-order valence-corrected chi connectivity index (χ2v) is 5.83. The summed E-state index contributed by atoms with van der Waals surface area (Å²) in [4.78, 5) is 24.5. The Balaban J connectivity index is 2.43. The van der Waals surface area contributed by atoms with Gasteiger partial charge in [-0.15, -0.1) is 0 Å². The number of hydrogen-bond donors (Lipinski definition) is 0. The summed E-state index contributed by atoms with van der Waals surface area (Å²) in [6.45, 7) is 4.03. The zero-order valence-electron chi connectivity index (χ0n) is 14.1. The Bertz CT molecular complexity index is 819. The fourth-order valence-corrected chi connectivity index (χ4v) is 3.10. The average molecular weight is 322 g/mol. The van der Waals surface area contributed by atoms with Gasteiger partial charge in [0.1, 0.15) is 0 Å². The van der Waals surface area contributed by atoms with E-state index in [1.54, 1.807) is 0 Å². The van der Waals surface area contributed by atoms with Crippen LogP contribution in [0.4, 0.5) is 0 Å². The van der Waals surface area contributed by atoms with Crippen molar-refractivity contribution < 1.29 is 19.1 Å². The largest absolute Gasteiger partial charge is 0.465 e. The third-order valence-electron chi connectivity index (χ3n) is 4.21. The molecule has 0 amide bonds. The first-order chi connectivity index (χ1) is 11.5. The molecule has 2 aromatic rings. The van der Waals surface area contributed by atoms with E-state index < -0.39 is 11.9 Å². The third-order valence-corrected chi connectivity index (χ3v) is 4.21. The van der Waals surface area contributed by atoms with E-state index in [0.717, 1.165) is 33.4 Å². The molecule has 2 aromatic carbocycles. The summed E-state index contributed by atoms with van der Waals surface area (Å²) in [6.07, 6.45) is 0. The summed E-state index contributed by atoms with van der Waals surface area (Å²) in [5, 5.41) is 0. The van der Waals surface area contributed by atoms with Crippen LogP contribution in [0.15, 0.2) is 42.0 Å². The molecular weight excluding hydrogens is 304 g/mol. The molecule has 1 aliphatic carbocycles. The number of benzene rings is 2. The smallest absolute Gasteiger partial charge is 0.345 e. The number of aryl methyl sites for hydroxylation is 2. The van der Waals surface area contributed by atoms with Crippen LogP contribution >= 0.6 is 0 Å². The highest BCUT2D eigenvalue weighted by Crippen LogP contribution is 2.46. The summed E-state index contributed by atoms with van der Waals surface area (Å²) in [7, 11) is 2.51. The molecule has 0 saturated heterocycles. The Morgan fingerprint density at radius 1 is 0.708 bits per heavy atom. The topological polar surface area (TPSA) is 52.6 Å². The molecular formula is C20H18O4. The molecule has 0 unspecified atom stereocenters.